The summed E-state index contributed by atoms with van der Waals surface area (Å²) >= 11 is 6.14. The van der Waals surface area contributed by atoms with Crippen molar-refractivity contribution >= 4 is 28.5 Å². The Morgan fingerprint density at radius 2 is 1.77 bits per heavy atom. The Balaban J connectivity index is 1.68. The van der Waals surface area contributed by atoms with Crippen molar-refractivity contribution < 1.29 is 9.53 Å². The van der Waals surface area contributed by atoms with Crippen LogP contribution in [0.15, 0.2) is 60.7 Å². The molecule has 110 valence electrons. The minimum Gasteiger partial charge on any atom is -0.460 e. The maximum atomic E-state index is 11.9. The van der Waals surface area contributed by atoms with Crippen LogP contribution in [0.5, 0.6) is 0 Å². The third-order valence-electron chi connectivity index (χ3n) is 3.33. The molecule has 0 spiro atoms. The highest BCUT2D eigenvalue weighted by Gasteiger charge is 2.09. The molecule has 0 aliphatic rings. The molecule has 2 aromatic carbocycles. The summed E-state index contributed by atoms with van der Waals surface area (Å²) in [5, 5.41) is 1.34. The molecule has 3 rings (SSSR count). The van der Waals surface area contributed by atoms with E-state index in [-0.39, 0.29) is 19.0 Å². The molecule has 22 heavy (non-hydrogen) atoms. The van der Waals surface area contributed by atoms with Crippen molar-refractivity contribution in [3.05, 3.63) is 76.9 Å². The zero-order valence-electron chi connectivity index (χ0n) is 11.8. The van der Waals surface area contributed by atoms with Crippen molar-refractivity contribution in [1.82, 2.24) is 4.98 Å². The Labute approximate surface area is 133 Å². The largest absolute Gasteiger partial charge is 0.460 e. The van der Waals surface area contributed by atoms with E-state index in [0.29, 0.717) is 10.7 Å². The minimum absolute atomic E-state index is 0.127. The number of carbonyl (C=O) groups is 1. The number of nitrogens with zero attached hydrogens (tertiary/aromatic N) is 1. The van der Waals surface area contributed by atoms with Gasteiger partial charge in [-0.3, -0.25) is 4.79 Å². The molecular weight excluding hydrogens is 298 g/mol. The van der Waals surface area contributed by atoms with Gasteiger partial charge in [0.25, 0.3) is 0 Å². The molecule has 0 amide bonds. The number of ether oxygens (including phenoxy) is 1. The smallest absolute Gasteiger partial charge is 0.310 e. The van der Waals surface area contributed by atoms with Gasteiger partial charge in [-0.05, 0) is 17.7 Å². The molecule has 0 aliphatic carbocycles. The van der Waals surface area contributed by atoms with Crippen LogP contribution >= 0.6 is 11.6 Å². The summed E-state index contributed by atoms with van der Waals surface area (Å²) in [6.07, 6.45) is 0.249. The summed E-state index contributed by atoms with van der Waals surface area (Å²) in [6, 6.07) is 19.1. The Morgan fingerprint density at radius 1 is 1.05 bits per heavy atom. The molecule has 0 saturated carbocycles. The summed E-state index contributed by atoms with van der Waals surface area (Å²) in [6.45, 7) is 0.127. The van der Waals surface area contributed by atoms with Crippen molar-refractivity contribution in [3.8, 4) is 0 Å². The highest BCUT2D eigenvalue weighted by atomic mass is 35.5. The first kappa shape index (κ1) is 14.5. The van der Waals surface area contributed by atoms with Gasteiger partial charge in [-0.25, -0.2) is 4.98 Å². The van der Waals surface area contributed by atoms with Gasteiger partial charge in [0.2, 0.25) is 0 Å². The van der Waals surface area contributed by atoms with Crippen molar-refractivity contribution in [1.29, 1.82) is 0 Å². The first-order valence-electron chi connectivity index (χ1n) is 6.96. The number of benzene rings is 2. The lowest BCUT2D eigenvalue weighted by Crippen LogP contribution is -2.08. The lowest BCUT2D eigenvalue weighted by molar-refractivity contribution is -0.144. The van der Waals surface area contributed by atoms with Crippen LogP contribution in [0.3, 0.4) is 0 Å². The summed E-state index contributed by atoms with van der Waals surface area (Å²) < 4.78 is 5.30. The molecule has 0 unspecified atom stereocenters. The van der Waals surface area contributed by atoms with Gasteiger partial charge in [0.1, 0.15) is 11.8 Å². The summed E-state index contributed by atoms with van der Waals surface area (Å²) in [5.74, 6) is -0.282. The van der Waals surface area contributed by atoms with Gasteiger partial charge in [0, 0.05) is 10.9 Å². The molecule has 0 radical (unpaired) electrons. The van der Waals surface area contributed by atoms with Crippen LogP contribution in [0, 0.1) is 0 Å². The predicted octanol–water partition coefficient (Wildman–Crippen LogP) is 4.17. The molecule has 0 saturated heterocycles. The monoisotopic (exact) mass is 311 g/mol. The number of halogens is 1. The Kier molecular flexibility index (Phi) is 4.35. The van der Waals surface area contributed by atoms with E-state index in [1.54, 1.807) is 0 Å². The summed E-state index contributed by atoms with van der Waals surface area (Å²) in [4.78, 5) is 16.2. The van der Waals surface area contributed by atoms with Gasteiger partial charge in [0.15, 0.2) is 0 Å². The van der Waals surface area contributed by atoms with Gasteiger partial charge in [-0.15, -0.1) is 0 Å². The zero-order valence-corrected chi connectivity index (χ0v) is 12.6. The highest BCUT2D eigenvalue weighted by molar-refractivity contribution is 6.30. The number of hydrogen-bond acceptors (Lipinski definition) is 3. The molecule has 0 aliphatic heterocycles. The van der Waals surface area contributed by atoms with Crippen LogP contribution in [0.25, 0.3) is 10.9 Å². The Hall–Kier alpha value is -2.39. The standard InChI is InChI=1S/C18H14ClNO2/c19-18-15(11-14-8-4-5-9-16(14)20-18)12-22-17(21)10-13-6-2-1-3-7-13/h1-9,11H,10,12H2. The van der Waals surface area contributed by atoms with Gasteiger partial charge in [-0.1, -0.05) is 60.1 Å². The molecule has 0 N–H and O–H groups in total. The predicted molar refractivity (Wildman–Crippen MR) is 86.7 cm³/mol. The second-order valence-corrected chi connectivity index (χ2v) is 5.31. The second-order valence-electron chi connectivity index (χ2n) is 4.95. The van der Waals surface area contributed by atoms with Crippen LogP contribution in [0.2, 0.25) is 5.15 Å². The van der Waals surface area contributed by atoms with E-state index < -0.39 is 0 Å². The Morgan fingerprint density at radius 3 is 2.59 bits per heavy atom. The number of esters is 1. The van der Waals surface area contributed by atoms with E-state index in [9.17, 15) is 4.79 Å². The fourth-order valence-electron chi connectivity index (χ4n) is 2.21. The quantitative estimate of drug-likeness (QED) is 0.536. The van der Waals surface area contributed by atoms with Gasteiger partial charge >= 0.3 is 5.97 Å². The highest BCUT2D eigenvalue weighted by Crippen LogP contribution is 2.21. The molecule has 3 aromatic rings. The fraction of sp³-hybridized carbons (Fsp3) is 0.111. The molecule has 4 heteroatoms. The van der Waals surface area contributed by atoms with Crippen LogP contribution in [-0.2, 0) is 22.6 Å². The van der Waals surface area contributed by atoms with E-state index in [4.69, 9.17) is 16.3 Å². The number of para-hydroxylation sites is 1. The van der Waals surface area contributed by atoms with Gasteiger partial charge in [-0.2, -0.15) is 0 Å². The van der Waals surface area contributed by atoms with Crippen molar-refractivity contribution in [3.63, 3.8) is 0 Å². The molecular formula is C18H14ClNO2. The molecule has 0 fully saturated rings. The summed E-state index contributed by atoms with van der Waals surface area (Å²) in [5.41, 5.74) is 2.46. The SMILES string of the molecule is O=C(Cc1ccccc1)OCc1cc2ccccc2nc1Cl. The number of pyridine rings is 1. The zero-order chi connectivity index (χ0) is 15.4. The molecule has 3 nitrogen and oxygen atoms in total. The molecule has 1 aromatic heterocycles. The minimum atomic E-state index is -0.282. The maximum absolute atomic E-state index is 11.9. The maximum Gasteiger partial charge on any atom is 0.310 e. The number of hydrogen-bond donors (Lipinski definition) is 0. The normalized spacial score (nSPS) is 10.6. The topological polar surface area (TPSA) is 39.2 Å². The third kappa shape index (κ3) is 3.43. The number of aromatic nitrogens is 1. The van der Waals surface area contributed by atoms with E-state index in [0.717, 1.165) is 16.5 Å². The lowest BCUT2D eigenvalue weighted by Gasteiger charge is -2.08. The molecule has 0 bridgehead atoms. The van der Waals surface area contributed by atoms with Gasteiger partial charge < -0.3 is 4.74 Å². The number of fused-ring (bicyclic) bond motifs is 1. The average Bonchev–Trinajstić information content (AvgIpc) is 2.54. The first-order chi connectivity index (χ1) is 10.7. The third-order valence-corrected chi connectivity index (χ3v) is 3.66. The van der Waals surface area contributed by atoms with Crippen molar-refractivity contribution in [2.24, 2.45) is 0 Å². The van der Waals surface area contributed by atoms with Crippen LogP contribution < -0.4 is 0 Å². The Bertz CT molecular complexity index is 803. The lowest BCUT2D eigenvalue weighted by atomic mass is 10.1. The summed E-state index contributed by atoms with van der Waals surface area (Å²) in [7, 11) is 0. The number of carbonyl (C=O) groups excluding carboxylic acids is 1. The number of rotatable bonds is 4. The van der Waals surface area contributed by atoms with E-state index in [1.807, 2.05) is 60.7 Å². The second kappa shape index (κ2) is 6.58. The van der Waals surface area contributed by atoms with Crippen LogP contribution in [0.4, 0.5) is 0 Å². The van der Waals surface area contributed by atoms with E-state index >= 15 is 0 Å². The van der Waals surface area contributed by atoms with Crippen LogP contribution in [-0.4, -0.2) is 11.0 Å². The van der Waals surface area contributed by atoms with Crippen molar-refractivity contribution in [2.75, 3.05) is 0 Å². The van der Waals surface area contributed by atoms with E-state index in [1.165, 1.54) is 0 Å². The van der Waals surface area contributed by atoms with Crippen molar-refractivity contribution in [2.45, 2.75) is 13.0 Å². The fourth-order valence-corrected chi connectivity index (χ4v) is 2.41. The van der Waals surface area contributed by atoms with Gasteiger partial charge in [0.05, 0.1) is 11.9 Å². The van der Waals surface area contributed by atoms with Crippen LogP contribution in [0.1, 0.15) is 11.1 Å². The molecule has 0 atom stereocenters. The average molecular weight is 312 g/mol. The first-order valence-corrected chi connectivity index (χ1v) is 7.34. The molecule has 1 heterocycles. The van der Waals surface area contributed by atoms with E-state index in [2.05, 4.69) is 4.98 Å².